The van der Waals surface area contributed by atoms with Gasteiger partial charge in [-0.1, -0.05) is 42.5 Å². The fraction of sp³-hybridized carbons (Fsp3) is 0.435. The average Bonchev–Trinajstić information content (AvgIpc) is 3.39. The molecule has 0 aromatic heterocycles. The van der Waals surface area contributed by atoms with E-state index >= 15 is 0 Å². The second kappa shape index (κ2) is 8.05. The first-order valence-electron chi connectivity index (χ1n) is 9.87. The summed E-state index contributed by atoms with van der Waals surface area (Å²) in [6.07, 6.45) is 4.47. The van der Waals surface area contributed by atoms with Crippen LogP contribution in [0.4, 0.5) is 0 Å². The summed E-state index contributed by atoms with van der Waals surface area (Å²) in [5.41, 5.74) is 3.45. The van der Waals surface area contributed by atoms with Gasteiger partial charge in [0.05, 0.1) is 0 Å². The van der Waals surface area contributed by atoms with Crippen LogP contribution >= 0.6 is 0 Å². The van der Waals surface area contributed by atoms with E-state index in [1.54, 1.807) is 0 Å². The van der Waals surface area contributed by atoms with Crippen molar-refractivity contribution in [1.82, 2.24) is 9.80 Å². The van der Waals surface area contributed by atoms with Gasteiger partial charge in [0.2, 0.25) is 0 Å². The van der Waals surface area contributed by atoms with Gasteiger partial charge in [0, 0.05) is 31.7 Å². The first kappa shape index (κ1) is 17.3. The zero-order chi connectivity index (χ0) is 17.8. The standard InChI is InChI=1S/C23H27N2O/c26-23(25-14-6-7-15-25)22-11-5-4-10-21(22)20-13-17-24(18-20)16-12-19-8-2-1-3-9-19/h1-5,8,10-11,20H,6-7,12-18H2. The van der Waals surface area contributed by atoms with Crippen molar-refractivity contribution in [3.05, 3.63) is 71.3 Å². The molecule has 1 atom stereocenters. The Labute approximate surface area is 156 Å². The Kier molecular flexibility index (Phi) is 5.35. The Morgan fingerprint density at radius 2 is 1.85 bits per heavy atom. The molecule has 2 aliphatic heterocycles. The second-order valence-corrected chi connectivity index (χ2v) is 7.51. The molecule has 1 unspecified atom stereocenters. The highest BCUT2D eigenvalue weighted by atomic mass is 16.2. The topological polar surface area (TPSA) is 23.6 Å². The number of rotatable bonds is 5. The monoisotopic (exact) mass is 347 g/mol. The van der Waals surface area contributed by atoms with Crippen molar-refractivity contribution in [3.8, 4) is 0 Å². The first-order chi connectivity index (χ1) is 12.8. The molecule has 2 aliphatic rings. The SMILES string of the molecule is O=C(c1ccccc1C1CCN(CCc2[c]cccc2)C1)N1CCCC1. The maximum Gasteiger partial charge on any atom is 0.254 e. The molecule has 4 rings (SSSR count). The molecule has 3 nitrogen and oxygen atoms in total. The van der Waals surface area contributed by atoms with Gasteiger partial charge in [-0.25, -0.2) is 0 Å². The Bertz CT molecular complexity index is 737. The maximum absolute atomic E-state index is 12.9. The Morgan fingerprint density at radius 1 is 1.04 bits per heavy atom. The third-order valence-corrected chi connectivity index (χ3v) is 5.77. The number of amides is 1. The van der Waals surface area contributed by atoms with Crippen LogP contribution in [0.15, 0.2) is 48.5 Å². The number of nitrogens with zero attached hydrogens (tertiary/aromatic N) is 2. The molecule has 1 amide bonds. The maximum atomic E-state index is 12.9. The zero-order valence-electron chi connectivity index (χ0n) is 15.4. The quantitative estimate of drug-likeness (QED) is 0.822. The van der Waals surface area contributed by atoms with Crippen LogP contribution in [0.5, 0.6) is 0 Å². The van der Waals surface area contributed by atoms with Crippen molar-refractivity contribution in [2.75, 3.05) is 32.7 Å². The van der Waals surface area contributed by atoms with Crippen LogP contribution in [0, 0.1) is 6.07 Å². The smallest absolute Gasteiger partial charge is 0.254 e. The molecule has 2 heterocycles. The van der Waals surface area contributed by atoms with Gasteiger partial charge in [-0.05, 0) is 61.4 Å². The normalized spacial score (nSPS) is 20.6. The summed E-state index contributed by atoms with van der Waals surface area (Å²) in [6, 6.07) is 19.8. The molecule has 0 spiro atoms. The van der Waals surface area contributed by atoms with Gasteiger partial charge in [0.25, 0.3) is 5.91 Å². The van der Waals surface area contributed by atoms with Crippen LogP contribution in [0.2, 0.25) is 0 Å². The predicted molar refractivity (Wildman–Crippen MR) is 104 cm³/mol. The molecule has 2 fully saturated rings. The van der Waals surface area contributed by atoms with Crippen LogP contribution in [0.1, 0.15) is 46.7 Å². The van der Waals surface area contributed by atoms with E-state index in [-0.39, 0.29) is 5.91 Å². The highest BCUT2D eigenvalue weighted by Crippen LogP contribution is 2.30. The van der Waals surface area contributed by atoms with Crippen molar-refractivity contribution in [2.45, 2.75) is 31.6 Å². The van der Waals surface area contributed by atoms with Gasteiger partial charge < -0.3 is 9.80 Å². The van der Waals surface area contributed by atoms with E-state index in [1.165, 1.54) is 11.1 Å². The number of hydrogen-bond donors (Lipinski definition) is 0. The van der Waals surface area contributed by atoms with Gasteiger partial charge in [0.15, 0.2) is 0 Å². The molecule has 0 aliphatic carbocycles. The van der Waals surface area contributed by atoms with Crippen LogP contribution in [-0.2, 0) is 6.42 Å². The first-order valence-corrected chi connectivity index (χ1v) is 9.87. The fourth-order valence-electron chi connectivity index (χ4n) is 4.29. The summed E-state index contributed by atoms with van der Waals surface area (Å²) in [7, 11) is 0. The molecule has 0 N–H and O–H groups in total. The minimum atomic E-state index is 0.232. The highest BCUT2D eigenvalue weighted by Gasteiger charge is 2.28. The molecule has 3 heteroatoms. The number of carbonyl (C=O) groups excluding carboxylic acids is 1. The molecule has 135 valence electrons. The predicted octanol–water partition coefficient (Wildman–Crippen LogP) is 3.75. The summed E-state index contributed by atoms with van der Waals surface area (Å²) in [6.45, 7) is 5.06. The molecule has 0 saturated carbocycles. The van der Waals surface area contributed by atoms with E-state index < -0.39 is 0 Å². The van der Waals surface area contributed by atoms with Crippen LogP contribution in [-0.4, -0.2) is 48.4 Å². The average molecular weight is 347 g/mol. The third-order valence-electron chi connectivity index (χ3n) is 5.77. The Morgan fingerprint density at radius 3 is 2.65 bits per heavy atom. The lowest BCUT2D eigenvalue weighted by Gasteiger charge is -2.21. The van der Waals surface area contributed by atoms with Crippen molar-refractivity contribution in [1.29, 1.82) is 0 Å². The van der Waals surface area contributed by atoms with E-state index in [0.717, 1.165) is 64.0 Å². The molecular weight excluding hydrogens is 320 g/mol. The van der Waals surface area contributed by atoms with E-state index in [4.69, 9.17) is 0 Å². The summed E-state index contributed by atoms with van der Waals surface area (Å²) >= 11 is 0. The van der Waals surface area contributed by atoms with Gasteiger partial charge in [-0.15, -0.1) is 0 Å². The number of carbonyl (C=O) groups is 1. The van der Waals surface area contributed by atoms with E-state index in [0.29, 0.717) is 5.92 Å². The highest BCUT2D eigenvalue weighted by molar-refractivity contribution is 5.96. The fourth-order valence-corrected chi connectivity index (χ4v) is 4.29. The van der Waals surface area contributed by atoms with Crippen LogP contribution < -0.4 is 0 Å². The molecule has 26 heavy (non-hydrogen) atoms. The number of benzene rings is 2. The number of likely N-dealkylation sites (tertiary alicyclic amines) is 2. The molecule has 2 aromatic rings. The van der Waals surface area contributed by atoms with Gasteiger partial charge in [-0.3, -0.25) is 4.79 Å². The molecular formula is C23H27N2O. The minimum absolute atomic E-state index is 0.232. The molecule has 0 bridgehead atoms. The lowest BCUT2D eigenvalue weighted by molar-refractivity contribution is 0.0791. The van der Waals surface area contributed by atoms with Gasteiger partial charge >= 0.3 is 0 Å². The van der Waals surface area contributed by atoms with E-state index in [9.17, 15) is 4.79 Å². The van der Waals surface area contributed by atoms with E-state index in [1.807, 2.05) is 29.2 Å². The minimum Gasteiger partial charge on any atom is -0.339 e. The van der Waals surface area contributed by atoms with Crippen LogP contribution in [0.25, 0.3) is 0 Å². The van der Waals surface area contributed by atoms with E-state index in [2.05, 4.69) is 35.2 Å². The lowest BCUT2D eigenvalue weighted by Crippen LogP contribution is -2.29. The molecule has 1 radical (unpaired) electrons. The van der Waals surface area contributed by atoms with Gasteiger partial charge in [-0.2, -0.15) is 0 Å². The molecule has 2 aromatic carbocycles. The molecule has 2 saturated heterocycles. The third kappa shape index (κ3) is 3.83. The summed E-state index contributed by atoms with van der Waals surface area (Å²) in [5, 5.41) is 0. The van der Waals surface area contributed by atoms with Crippen LogP contribution in [0.3, 0.4) is 0 Å². The van der Waals surface area contributed by atoms with Crippen molar-refractivity contribution in [3.63, 3.8) is 0 Å². The largest absolute Gasteiger partial charge is 0.339 e. The van der Waals surface area contributed by atoms with Crippen molar-refractivity contribution >= 4 is 5.91 Å². The lowest BCUT2D eigenvalue weighted by atomic mass is 9.93. The Balaban J connectivity index is 1.41. The number of hydrogen-bond acceptors (Lipinski definition) is 2. The Hall–Kier alpha value is -2.13. The van der Waals surface area contributed by atoms with Gasteiger partial charge in [0.1, 0.15) is 0 Å². The van der Waals surface area contributed by atoms with Crippen molar-refractivity contribution in [2.24, 2.45) is 0 Å². The summed E-state index contributed by atoms with van der Waals surface area (Å²) < 4.78 is 0. The van der Waals surface area contributed by atoms with Crippen molar-refractivity contribution < 1.29 is 4.79 Å². The summed E-state index contributed by atoms with van der Waals surface area (Å²) in [5.74, 6) is 0.702. The second-order valence-electron chi connectivity index (χ2n) is 7.51. The zero-order valence-corrected chi connectivity index (χ0v) is 15.4. The summed E-state index contributed by atoms with van der Waals surface area (Å²) in [4.78, 5) is 17.5.